The molecule has 0 aromatic heterocycles. The van der Waals surface area contributed by atoms with E-state index < -0.39 is 0 Å². The minimum atomic E-state index is 0.586. The van der Waals surface area contributed by atoms with Crippen LogP contribution in [0, 0.1) is 0 Å². The molecule has 0 aliphatic carbocycles. The fraction of sp³-hybridized carbons (Fsp3) is 0. The lowest BCUT2D eigenvalue weighted by Gasteiger charge is -2.13. The smallest absolute Gasteiger partial charge is 0.151 e. The van der Waals surface area contributed by atoms with Crippen LogP contribution in [0.3, 0.4) is 0 Å². The normalized spacial score (nSPS) is 10.3. The van der Waals surface area contributed by atoms with Crippen LogP contribution in [0.4, 0.5) is 0 Å². The molecule has 3 aromatic rings. The fourth-order valence-electron chi connectivity index (χ4n) is 2.48. The van der Waals surface area contributed by atoms with Crippen LogP contribution in [-0.2, 0) is 0 Å². The molecule has 21 heavy (non-hydrogen) atoms. The van der Waals surface area contributed by atoms with Gasteiger partial charge in [-0.1, -0.05) is 78.3 Å². The van der Waals surface area contributed by atoms with E-state index in [0.29, 0.717) is 10.6 Å². The van der Waals surface area contributed by atoms with Crippen molar-refractivity contribution in [1.29, 1.82) is 0 Å². The first-order valence-electron chi connectivity index (χ1n) is 6.70. The predicted octanol–water partition coefficient (Wildman–Crippen LogP) is 5.49. The van der Waals surface area contributed by atoms with Crippen molar-refractivity contribution in [3.05, 3.63) is 83.4 Å². The van der Waals surface area contributed by atoms with E-state index in [1.165, 1.54) is 0 Å². The molecule has 0 fully saturated rings. The summed E-state index contributed by atoms with van der Waals surface area (Å²) in [5.74, 6) is 0. The first kappa shape index (κ1) is 13.6. The van der Waals surface area contributed by atoms with Crippen LogP contribution < -0.4 is 0 Å². The van der Waals surface area contributed by atoms with Gasteiger partial charge in [0.15, 0.2) is 6.29 Å². The molecule has 0 aliphatic rings. The highest BCUT2D eigenvalue weighted by molar-refractivity contribution is 6.34. The van der Waals surface area contributed by atoms with Crippen molar-refractivity contribution in [3.63, 3.8) is 0 Å². The summed E-state index contributed by atoms with van der Waals surface area (Å²) < 4.78 is 0. The number of carbonyl (C=O) groups is 1. The minimum Gasteiger partial charge on any atom is -0.298 e. The quantitative estimate of drug-likeness (QED) is 0.584. The summed E-state index contributed by atoms with van der Waals surface area (Å²) in [6.45, 7) is 0. The minimum absolute atomic E-state index is 0.586. The molecule has 0 amide bonds. The maximum absolute atomic E-state index is 11.7. The average molecular weight is 293 g/mol. The standard InChI is InChI=1S/C19H13ClO/c20-18-12-11-16(14-7-3-1-4-8-14)17(13-21)19(18)15-9-5-2-6-10-15/h1-13H. The average Bonchev–Trinajstić information content (AvgIpc) is 2.56. The second kappa shape index (κ2) is 5.94. The second-order valence-electron chi connectivity index (χ2n) is 4.73. The van der Waals surface area contributed by atoms with Gasteiger partial charge in [0.1, 0.15) is 0 Å². The third-order valence-electron chi connectivity index (χ3n) is 3.46. The molecule has 0 unspecified atom stereocenters. The molecule has 2 heteroatoms. The third-order valence-corrected chi connectivity index (χ3v) is 3.77. The van der Waals surface area contributed by atoms with Gasteiger partial charge in [-0.25, -0.2) is 0 Å². The topological polar surface area (TPSA) is 17.1 Å². The maximum atomic E-state index is 11.7. The highest BCUT2D eigenvalue weighted by atomic mass is 35.5. The Bertz CT molecular complexity index is 764. The van der Waals surface area contributed by atoms with Gasteiger partial charge >= 0.3 is 0 Å². The molecule has 0 saturated heterocycles. The highest BCUT2D eigenvalue weighted by Gasteiger charge is 2.14. The van der Waals surface area contributed by atoms with Gasteiger partial charge in [0.05, 0.1) is 0 Å². The molecule has 3 aromatic carbocycles. The van der Waals surface area contributed by atoms with E-state index in [-0.39, 0.29) is 0 Å². The molecular weight excluding hydrogens is 280 g/mol. The molecule has 102 valence electrons. The largest absolute Gasteiger partial charge is 0.298 e. The van der Waals surface area contributed by atoms with E-state index in [0.717, 1.165) is 28.5 Å². The molecule has 1 nitrogen and oxygen atoms in total. The van der Waals surface area contributed by atoms with Crippen LogP contribution in [0.15, 0.2) is 72.8 Å². The molecule has 0 radical (unpaired) electrons. The zero-order chi connectivity index (χ0) is 14.7. The van der Waals surface area contributed by atoms with Crippen LogP contribution in [0.2, 0.25) is 5.02 Å². The highest BCUT2D eigenvalue weighted by Crippen LogP contribution is 2.36. The van der Waals surface area contributed by atoms with Gasteiger partial charge in [-0.15, -0.1) is 0 Å². The maximum Gasteiger partial charge on any atom is 0.151 e. The molecule has 0 bridgehead atoms. The molecule has 0 N–H and O–H groups in total. The molecule has 3 rings (SSSR count). The first-order valence-corrected chi connectivity index (χ1v) is 7.07. The summed E-state index contributed by atoms with van der Waals surface area (Å²) in [6, 6.07) is 23.3. The summed E-state index contributed by atoms with van der Waals surface area (Å²) in [6.07, 6.45) is 0.885. The number of benzene rings is 3. The Kier molecular flexibility index (Phi) is 3.85. The van der Waals surface area contributed by atoms with Gasteiger partial charge in [0.2, 0.25) is 0 Å². The van der Waals surface area contributed by atoms with Crippen molar-refractivity contribution in [2.45, 2.75) is 0 Å². The number of aldehydes is 1. The van der Waals surface area contributed by atoms with E-state index in [9.17, 15) is 4.79 Å². The molecule has 0 atom stereocenters. The summed E-state index contributed by atoms with van der Waals surface area (Å²) >= 11 is 6.34. The van der Waals surface area contributed by atoms with Crippen LogP contribution in [0.25, 0.3) is 22.3 Å². The van der Waals surface area contributed by atoms with Crippen LogP contribution in [-0.4, -0.2) is 6.29 Å². The Labute approximate surface area is 128 Å². The lowest BCUT2D eigenvalue weighted by atomic mass is 9.92. The van der Waals surface area contributed by atoms with Crippen molar-refractivity contribution < 1.29 is 4.79 Å². The van der Waals surface area contributed by atoms with Crippen LogP contribution in [0.1, 0.15) is 10.4 Å². The monoisotopic (exact) mass is 292 g/mol. The lowest BCUT2D eigenvalue weighted by molar-refractivity contribution is 0.112. The van der Waals surface area contributed by atoms with E-state index in [1.54, 1.807) is 0 Å². The number of hydrogen-bond donors (Lipinski definition) is 0. The van der Waals surface area contributed by atoms with E-state index in [4.69, 9.17) is 11.6 Å². The molecule has 0 saturated carbocycles. The van der Waals surface area contributed by atoms with Crippen molar-refractivity contribution in [2.24, 2.45) is 0 Å². The number of carbonyl (C=O) groups excluding carboxylic acids is 1. The van der Waals surface area contributed by atoms with E-state index >= 15 is 0 Å². The zero-order valence-electron chi connectivity index (χ0n) is 11.3. The van der Waals surface area contributed by atoms with E-state index in [1.807, 2.05) is 72.8 Å². The van der Waals surface area contributed by atoms with E-state index in [2.05, 4.69) is 0 Å². The number of hydrogen-bond acceptors (Lipinski definition) is 1. The fourth-order valence-corrected chi connectivity index (χ4v) is 2.76. The van der Waals surface area contributed by atoms with Crippen molar-refractivity contribution in [2.75, 3.05) is 0 Å². The molecule has 0 spiro atoms. The lowest BCUT2D eigenvalue weighted by Crippen LogP contribution is -1.94. The Hall–Kier alpha value is -2.38. The third kappa shape index (κ3) is 2.61. The van der Waals surface area contributed by atoms with Crippen molar-refractivity contribution >= 4 is 17.9 Å². The summed E-state index contributed by atoms with van der Waals surface area (Å²) in [4.78, 5) is 11.7. The van der Waals surface area contributed by atoms with Gasteiger partial charge in [0, 0.05) is 16.1 Å². The number of halogens is 1. The Balaban J connectivity index is 2.28. The van der Waals surface area contributed by atoms with Gasteiger partial charge in [-0.05, 0) is 22.8 Å². The molecule has 0 heterocycles. The summed E-state index contributed by atoms with van der Waals surface area (Å²) in [7, 11) is 0. The molecular formula is C19H13ClO. The summed E-state index contributed by atoms with van der Waals surface area (Å²) in [5, 5.41) is 0.586. The van der Waals surface area contributed by atoms with Gasteiger partial charge in [-0.2, -0.15) is 0 Å². The first-order chi connectivity index (χ1) is 10.3. The van der Waals surface area contributed by atoms with Crippen LogP contribution >= 0.6 is 11.6 Å². The SMILES string of the molecule is O=Cc1c(-c2ccccc2)ccc(Cl)c1-c1ccccc1. The van der Waals surface area contributed by atoms with Crippen molar-refractivity contribution in [3.8, 4) is 22.3 Å². The van der Waals surface area contributed by atoms with Crippen LogP contribution in [0.5, 0.6) is 0 Å². The van der Waals surface area contributed by atoms with Gasteiger partial charge in [0.25, 0.3) is 0 Å². The Morgan fingerprint density at radius 2 is 1.29 bits per heavy atom. The zero-order valence-corrected chi connectivity index (χ0v) is 12.0. The molecule has 0 aliphatic heterocycles. The number of rotatable bonds is 3. The van der Waals surface area contributed by atoms with Crippen molar-refractivity contribution in [1.82, 2.24) is 0 Å². The predicted molar refractivity (Wildman–Crippen MR) is 87.7 cm³/mol. The van der Waals surface area contributed by atoms with Gasteiger partial charge < -0.3 is 0 Å². The Morgan fingerprint density at radius 1 is 0.714 bits per heavy atom. The summed E-state index contributed by atoms with van der Waals surface area (Å²) in [5.41, 5.74) is 4.26. The van der Waals surface area contributed by atoms with Gasteiger partial charge in [-0.3, -0.25) is 4.79 Å². The second-order valence-corrected chi connectivity index (χ2v) is 5.14. The Morgan fingerprint density at radius 3 is 1.86 bits per heavy atom.